The number of aromatic nitrogens is 1. The summed E-state index contributed by atoms with van der Waals surface area (Å²) in [5.74, 6) is 0.281. The summed E-state index contributed by atoms with van der Waals surface area (Å²) in [6.07, 6.45) is 0. The van der Waals surface area contributed by atoms with Crippen molar-refractivity contribution in [3.63, 3.8) is 0 Å². The molecule has 22 heavy (non-hydrogen) atoms. The van der Waals surface area contributed by atoms with E-state index in [4.69, 9.17) is 0 Å². The molecule has 0 aliphatic heterocycles. The van der Waals surface area contributed by atoms with Gasteiger partial charge in [0.2, 0.25) is 0 Å². The van der Waals surface area contributed by atoms with Gasteiger partial charge in [-0.25, -0.2) is 0 Å². The molecule has 0 saturated carbocycles. The molecule has 0 aliphatic carbocycles. The lowest BCUT2D eigenvalue weighted by Gasteiger charge is -2.05. The molecule has 4 rings (SSSR count). The first-order chi connectivity index (χ1) is 10.8. The summed E-state index contributed by atoms with van der Waals surface area (Å²) >= 11 is 0. The number of rotatable bonds is 2. The van der Waals surface area contributed by atoms with Gasteiger partial charge in [0.25, 0.3) is 0 Å². The third kappa shape index (κ3) is 2.06. The average molecular weight is 285 g/mol. The SMILES string of the molecule is Oc1ccc2[nH]c(-c3ccccc3)c(-c3ccccc3)c2c1. The number of nitrogens with one attached hydrogen (secondary N) is 1. The first-order valence-corrected chi connectivity index (χ1v) is 7.28. The number of phenolic OH excluding ortho intramolecular Hbond substituents is 1. The van der Waals surface area contributed by atoms with Gasteiger partial charge >= 0.3 is 0 Å². The molecule has 0 aliphatic rings. The van der Waals surface area contributed by atoms with Crippen molar-refractivity contribution in [2.24, 2.45) is 0 Å². The van der Waals surface area contributed by atoms with E-state index in [1.807, 2.05) is 48.5 Å². The summed E-state index contributed by atoms with van der Waals surface area (Å²) in [6, 6.07) is 26.0. The van der Waals surface area contributed by atoms with Crippen molar-refractivity contribution in [3.8, 4) is 28.1 Å². The van der Waals surface area contributed by atoms with Gasteiger partial charge in [0, 0.05) is 16.5 Å². The molecule has 1 heterocycles. The van der Waals surface area contributed by atoms with E-state index in [0.29, 0.717) is 0 Å². The fourth-order valence-corrected chi connectivity index (χ4v) is 2.91. The zero-order chi connectivity index (χ0) is 14.9. The van der Waals surface area contributed by atoms with Crippen molar-refractivity contribution in [1.82, 2.24) is 4.98 Å². The number of phenols is 1. The number of fused-ring (bicyclic) bond motifs is 1. The van der Waals surface area contributed by atoms with Crippen LogP contribution in [0.1, 0.15) is 0 Å². The molecule has 106 valence electrons. The highest BCUT2D eigenvalue weighted by atomic mass is 16.3. The van der Waals surface area contributed by atoms with Crippen molar-refractivity contribution in [3.05, 3.63) is 78.9 Å². The minimum absolute atomic E-state index is 0.281. The molecular formula is C20H15NO. The normalized spacial score (nSPS) is 10.9. The monoisotopic (exact) mass is 285 g/mol. The molecule has 0 amide bonds. The Hall–Kier alpha value is -3.00. The summed E-state index contributed by atoms with van der Waals surface area (Å²) in [5.41, 5.74) is 5.50. The fraction of sp³-hybridized carbons (Fsp3) is 0. The van der Waals surface area contributed by atoms with Crippen molar-refractivity contribution in [2.45, 2.75) is 0 Å². The standard InChI is InChI=1S/C20H15NO/c22-16-11-12-18-17(13-16)19(14-7-3-1-4-8-14)20(21-18)15-9-5-2-6-10-15/h1-13,21-22H. The predicted molar refractivity (Wildman–Crippen MR) is 90.8 cm³/mol. The molecule has 4 aromatic rings. The van der Waals surface area contributed by atoms with E-state index < -0.39 is 0 Å². The Labute approximate surface area is 128 Å². The Bertz CT molecular complexity index is 924. The van der Waals surface area contributed by atoms with Gasteiger partial charge in [0.05, 0.1) is 5.69 Å². The lowest BCUT2D eigenvalue weighted by atomic mass is 9.98. The van der Waals surface area contributed by atoms with Crippen LogP contribution in [0.4, 0.5) is 0 Å². The molecule has 0 spiro atoms. The molecule has 3 aromatic carbocycles. The van der Waals surface area contributed by atoms with Gasteiger partial charge in [-0.3, -0.25) is 0 Å². The van der Waals surface area contributed by atoms with Crippen LogP contribution in [0.3, 0.4) is 0 Å². The molecule has 0 unspecified atom stereocenters. The first-order valence-electron chi connectivity index (χ1n) is 7.28. The van der Waals surface area contributed by atoms with Crippen molar-refractivity contribution in [1.29, 1.82) is 0 Å². The molecule has 0 bridgehead atoms. The summed E-state index contributed by atoms with van der Waals surface area (Å²) < 4.78 is 0. The van der Waals surface area contributed by atoms with Crippen LogP contribution < -0.4 is 0 Å². The Balaban J connectivity index is 2.08. The molecule has 0 radical (unpaired) electrons. The summed E-state index contributed by atoms with van der Waals surface area (Å²) in [5, 5.41) is 10.9. The maximum atomic E-state index is 9.87. The van der Waals surface area contributed by atoms with Crippen molar-refractivity contribution in [2.75, 3.05) is 0 Å². The molecule has 1 aromatic heterocycles. The second-order valence-corrected chi connectivity index (χ2v) is 5.34. The van der Waals surface area contributed by atoms with Gasteiger partial charge in [-0.05, 0) is 29.3 Å². The topological polar surface area (TPSA) is 36.0 Å². The van der Waals surface area contributed by atoms with Crippen LogP contribution in [-0.2, 0) is 0 Å². The minimum Gasteiger partial charge on any atom is -0.508 e. The number of benzene rings is 3. The largest absolute Gasteiger partial charge is 0.508 e. The van der Waals surface area contributed by atoms with E-state index in [-0.39, 0.29) is 5.75 Å². The van der Waals surface area contributed by atoms with Crippen LogP contribution in [0.5, 0.6) is 5.75 Å². The van der Waals surface area contributed by atoms with E-state index in [0.717, 1.165) is 33.3 Å². The number of hydrogen-bond donors (Lipinski definition) is 2. The molecular weight excluding hydrogens is 270 g/mol. The summed E-state index contributed by atoms with van der Waals surface area (Å²) in [7, 11) is 0. The molecule has 0 atom stereocenters. The van der Waals surface area contributed by atoms with E-state index in [2.05, 4.69) is 29.2 Å². The zero-order valence-electron chi connectivity index (χ0n) is 12.0. The maximum absolute atomic E-state index is 9.87. The Kier molecular flexibility index (Phi) is 2.94. The van der Waals surface area contributed by atoms with Crippen LogP contribution in [-0.4, -0.2) is 10.1 Å². The van der Waals surface area contributed by atoms with E-state index >= 15 is 0 Å². The third-order valence-corrected chi connectivity index (χ3v) is 3.91. The highest BCUT2D eigenvalue weighted by Crippen LogP contribution is 2.39. The Morgan fingerprint density at radius 1 is 0.682 bits per heavy atom. The lowest BCUT2D eigenvalue weighted by Crippen LogP contribution is -1.82. The lowest BCUT2D eigenvalue weighted by molar-refractivity contribution is 0.476. The van der Waals surface area contributed by atoms with Crippen LogP contribution >= 0.6 is 0 Å². The Morgan fingerprint density at radius 3 is 2.00 bits per heavy atom. The van der Waals surface area contributed by atoms with Gasteiger partial charge in [-0.15, -0.1) is 0 Å². The van der Waals surface area contributed by atoms with Crippen LogP contribution in [0.2, 0.25) is 0 Å². The highest BCUT2D eigenvalue weighted by Gasteiger charge is 2.15. The van der Waals surface area contributed by atoms with Gasteiger partial charge in [-0.1, -0.05) is 60.7 Å². The van der Waals surface area contributed by atoms with Gasteiger partial charge < -0.3 is 10.1 Å². The molecule has 0 saturated heterocycles. The Morgan fingerprint density at radius 2 is 1.32 bits per heavy atom. The van der Waals surface area contributed by atoms with Crippen LogP contribution in [0.25, 0.3) is 33.3 Å². The summed E-state index contributed by atoms with van der Waals surface area (Å²) in [6.45, 7) is 0. The molecule has 2 nitrogen and oxygen atoms in total. The molecule has 0 fully saturated rings. The average Bonchev–Trinajstić information content (AvgIpc) is 2.95. The number of aromatic hydroxyl groups is 1. The number of aromatic amines is 1. The zero-order valence-corrected chi connectivity index (χ0v) is 12.0. The second-order valence-electron chi connectivity index (χ2n) is 5.34. The second kappa shape index (κ2) is 5.08. The minimum atomic E-state index is 0.281. The summed E-state index contributed by atoms with van der Waals surface area (Å²) in [4.78, 5) is 3.50. The highest BCUT2D eigenvalue weighted by molar-refractivity contribution is 6.04. The van der Waals surface area contributed by atoms with Crippen molar-refractivity contribution >= 4 is 10.9 Å². The van der Waals surface area contributed by atoms with E-state index in [1.54, 1.807) is 6.07 Å². The van der Waals surface area contributed by atoms with E-state index in [1.165, 1.54) is 0 Å². The van der Waals surface area contributed by atoms with Crippen LogP contribution in [0.15, 0.2) is 78.9 Å². The van der Waals surface area contributed by atoms with Gasteiger partial charge in [-0.2, -0.15) is 0 Å². The number of hydrogen-bond acceptors (Lipinski definition) is 1. The molecule has 2 heteroatoms. The predicted octanol–water partition coefficient (Wildman–Crippen LogP) is 5.21. The van der Waals surface area contributed by atoms with Crippen LogP contribution in [0, 0.1) is 0 Å². The molecule has 2 N–H and O–H groups in total. The number of H-pyrrole nitrogens is 1. The smallest absolute Gasteiger partial charge is 0.116 e. The fourth-order valence-electron chi connectivity index (χ4n) is 2.91. The van der Waals surface area contributed by atoms with Crippen molar-refractivity contribution < 1.29 is 5.11 Å². The first kappa shape index (κ1) is 12.7. The van der Waals surface area contributed by atoms with E-state index in [9.17, 15) is 5.11 Å². The van der Waals surface area contributed by atoms with Gasteiger partial charge in [0.1, 0.15) is 5.75 Å². The van der Waals surface area contributed by atoms with Gasteiger partial charge in [0.15, 0.2) is 0 Å². The third-order valence-electron chi connectivity index (χ3n) is 3.91. The maximum Gasteiger partial charge on any atom is 0.116 e. The quantitative estimate of drug-likeness (QED) is 0.521.